The van der Waals surface area contributed by atoms with Crippen molar-refractivity contribution in [3.05, 3.63) is 0 Å². The Labute approximate surface area is 94.6 Å². The third-order valence-electron chi connectivity index (χ3n) is 2.52. The number of ether oxygens (including phenoxy) is 2. The molecule has 1 aliphatic heterocycles. The number of nitrogens with zero attached hydrogens (tertiary/aromatic N) is 3. The number of azo groups is 1. The van der Waals surface area contributed by atoms with E-state index in [1.54, 1.807) is 13.8 Å². The van der Waals surface area contributed by atoms with E-state index in [4.69, 9.17) is 14.3 Å². The molecule has 1 heterocycles. The highest BCUT2D eigenvalue weighted by molar-refractivity contribution is 5.85. The van der Waals surface area contributed by atoms with Crippen molar-refractivity contribution in [1.29, 1.82) is 0 Å². The predicted octanol–water partition coefficient (Wildman–Crippen LogP) is 2.41. The van der Waals surface area contributed by atoms with Crippen LogP contribution in [-0.4, -0.2) is 24.6 Å². The number of hydrogen-bond acceptors (Lipinski definition) is 6. The molecule has 1 aliphatic carbocycles. The van der Waals surface area contributed by atoms with Gasteiger partial charge in [-0.15, -0.1) is 5.11 Å². The molecule has 1 fully saturated rings. The highest BCUT2D eigenvalue weighted by Gasteiger charge is 2.47. The highest BCUT2D eigenvalue weighted by Crippen LogP contribution is 2.33. The molecule has 6 heteroatoms. The summed E-state index contributed by atoms with van der Waals surface area (Å²) in [6.45, 7) is 3.56. The molecule has 90 valence electrons. The number of rotatable bonds is 3. The Hall–Kier alpha value is -1.01. The summed E-state index contributed by atoms with van der Waals surface area (Å²) in [7, 11) is 1.45. The van der Waals surface area contributed by atoms with Crippen LogP contribution in [0.5, 0.6) is 0 Å². The van der Waals surface area contributed by atoms with E-state index in [2.05, 4.69) is 15.4 Å². The van der Waals surface area contributed by atoms with Crippen LogP contribution in [0.15, 0.2) is 15.4 Å². The maximum atomic E-state index is 5.46. The van der Waals surface area contributed by atoms with E-state index in [9.17, 15) is 0 Å². The summed E-state index contributed by atoms with van der Waals surface area (Å²) in [4.78, 5) is 5.24. The molecule has 0 radical (unpaired) electrons. The average Bonchev–Trinajstić information content (AvgIpc) is 2.84. The van der Waals surface area contributed by atoms with E-state index in [1.807, 2.05) is 0 Å². The van der Waals surface area contributed by atoms with Crippen molar-refractivity contribution in [3.8, 4) is 0 Å². The number of oxime groups is 1. The summed E-state index contributed by atoms with van der Waals surface area (Å²) in [6, 6.07) is 0. The molecular formula is C10H17N3O3. The van der Waals surface area contributed by atoms with Gasteiger partial charge in [0.2, 0.25) is 0 Å². The van der Waals surface area contributed by atoms with E-state index in [0.717, 1.165) is 31.4 Å². The van der Waals surface area contributed by atoms with Gasteiger partial charge in [0.25, 0.3) is 0 Å². The van der Waals surface area contributed by atoms with Gasteiger partial charge in [-0.2, -0.15) is 0 Å². The molecule has 0 bridgehead atoms. The Morgan fingerprint density at radius 2 is 1.94 bits per heavy atom. The van der Waals surface area contributed by atoms with E-state index in [0.29, 0.717) is 0 Å². The average molecular weight is 227 g/mol. The standard InChI is InChI=1S/C10H17N3O3/c1-9(2)12-13-10(14-3,15-9)16-11-8-6-4-5-7-8/h4-7H2,1-3H3. The first-order chi connectivity index (χ1) is 7.55. The largest absolute Gasteiger partial charge is 0.481 e. The monoisotopic (exact) mass is 227 g/mol. The second kappa shape index (κ2) is 4.10. The van der Waals surface area contributed by atoms with Crippen LogP contribution in [-0.2, 0) is 14.3 Å². The van der Waals surface area contributed by atoms with Crippen LogP contribution in [0, 0.1) is 0 Å². The first kappa shape index (κ1) is 11.5. The Morgan fingerprint density at radius 1 is 1.25 bits per heavy atom. The lowest BCUT2D eigenvalue weighted by molar-refractivity contribution is -0.377. The van der Waals surface area contributed by atoms with E-state index in [1.165, 1.54) is 7.11 Å². The zero-order chi connectivity index (χ0) is 11.6. The molecule has 0 N–H and O–H groups in total. The van der Waals surface area contributed by atoms with Crippen molar-refractivity contribution in [2.75, 3.05) is 7.11 Å². The fraction of sp³-hybridized carbons (Fsp3) is 0.900. The van der Waals surface area contributed by atoms with Crippen molar-refractivity contribution in [2.24, 2.45) is 15.4 Å². The van der Waals surface area contributed by atoms with E-state index >= 15 is 0 Å². The molecule has 0 aromatic rings. The summed E-state index contributed by atoms with van der Waals surface area (Å²) in [5, 5.41) is 11.8. The second-order valence-electron chi connectivity index (χ2n) is 4.43. The molecule has 0 saturated heterocycles. The van der Waals surface area contributed by atoms with Gasteiger partial charge in [-0.25, -0.2) is 0 Å². The molecule has 0 spiro atoms. The molecule has 16 heavy (non-hydrogen) atoms. The molecule has 2 aliphatic rings. The fourth-order valence-corrected chi connectivity index (χ4v) is 1.69. The van der Waals surface area contributed by atoms with Crippen molar-refractivity contribution >= 4 is 5.71 Å². The quantitative estimate of drug-likeness (QED) is 0.549. The molecule has 0 amide bonds. The van der Waals surface area contributed by atoms with Crippen LogP contribution in [0.3, 0.4) is 0 Å². The summed E-state index contributed by atoms with van der Waals surface area (Å²) in [5.41, 5.74) is 0.297. The molecular weight excluding hydrogens is 210 g/mol. The highest BCUT2D eigenvalue weighted by atomic mass is 16.9. The minimum atomic E-state index is -1.50. The molecule has 2 rings (SSSR count). The lowest BCUT2D eigenvalue weighted by Crippen LogP contribution is -2.36. The molecule has 1 atom stereocenters. The molecule has 1 saturated carbocycles. The van der Waals surface area contributed by atoms with Crippen molar-refractivity contribution in [3.63, 3.8) is 0 Å². The lowest BCUT2D eigenvalue weighted by atomic mass is 10.3. The summed E-state index contributed by atoms with van der Waals surface area (Å²) in [5.74, 6) is 0. The van der Waals surface area contributed by atoms with E-state index < -0.39 is 11.8 Å². The zero-order valence-corrected chi connectivity index (χ0v) is 9.89. The van der Waals surface area contributed by atoms with Gasteiger partial charge in [0.1, 0.15) is 0 Å². The Balaban J connectivity index is 2.01. The van der Waals surface area contributed by atoms with E-state index in [-0.39, 0.29) is 0 Å². The van der Waals surface area contributed by atoms with Crippen LogP contribution in [0.25, 0.3) is 0 Å². The van der Waals surface area contributed by atoms with Crippen LogP contribution in [0.2, 0.25) is 0 Å². The first-order valence-corrected chi connectivity index (χ1v) is 5.49. The van der Waals surface area contributed by atoms with Crippen molar-refractivity contribution < 1.29 is 14.3 Å². The van der Waals surface area contributed by atoms with Crippen LogP contribution < -0.4 is 0 Å². The maximum absolute atomic E-state index is 5.46. The third kappa shape index (κ3) is 2.38. The summed E-state index contributed by atoms with van der Waals surface area (Å²) >= 11 is 0. The van der Waals surface area contributed by atoms with Crippen molar-refractivity contribution in [2.45, 2.75) is 51.4 Å². The minimum Gasteiger partial charge on any atom is -0.308 e. The van der Waals surface area contributed by atoms with Crippen LogP contribution in [0.1, 0.15) is 39.5 Å². The van der Waals surface area contributed by atoms with Gasteiger partial charge in [0.05, 0.1) is 5.71 Å². The van der Waals surface area contributed by atoms with Gasteiger partial charge in [-0.1, -0.05) is 10.3 Å². The SMILES string of the molecule is COC1(ON=C2CCCC2)N=NC(C)(C)O1. The van der Waals surface area contributed by atoms with Gasteiger partial charge in [0.15, 0.2) is 5.72 Å². The fourth-order valence-electron chi connectivity index (χ4n) is 1.69. The minimum absolute atomic E-state index is 0.730. The molecule has 0 aromatic heterocycles. The topological polar surface area (TPSA) is 64.8 Å². The van der Waals surface area contributed by atoms with Gasteiger partial charge in [-0.05, 0) is 39.5 Å². The predicted molar refractivity (Wildman–Crippen MR) is 56.7 cm³/mol. The van der Waals surface area contributed by atoms with Gasteiger partial charge >= 0.3 is 6.10 Å². The summed E-state index contributed by atoms with van der Waals surface area (Å²) in [6.07, 6.45) is 2.77. The van der Waals surface area contributed by atoms with Gasteiger partial charge < -0.3 is 4.84 Å². The number of hydrogen-bond donors (Lipinski definition) is 0. The Bertz CT molecular complexity index is 319. The molecule has 1 unspecified atom stereocenters. The van der Waals surface area contributed by atoms with Crippen molar-refractivity contribution in [1.82, 2.24) is 0 Å². The smallest absolute Gasteiger partial charge is 0.308 e. The maximum Gasteiger partial charge on any atom is 0.481 e. The first-order valence-electron chi connectivity index (χ1n) is 5.49. The Morgan fingerprint density at radius 3 is 2.44 bits per heavy atom. The van der Waals surface area contributed by atoms with Crippen LogP contribution in [0.4, 0.5) is 0 Å². The number of methoxy groups -OCH3 is 1. The second-order valence-corrected chi connectivity index (χ2v) is 4.43. The normalized spacial score (nSPS) is 32.1. The molecule has 6 nitrogen and oxygen atoms in total. The zero-order valence-electron chi connectivity index (χ0n) is 9.89. The van der Waals surface area contributed by atoms with Gasteiger partial charge in [0, 0.05) is 7.11 Å². The third-order valence-corrected chi connectivity index (χ3v) is 2.52. The molecule has 0 aromatic carbocycles. The summed E-state index contributed by atoms with van der Waals surface area (Å²) < 4.78 is 10.5. The van der Waals surface area contributed by atoms with Crippen LogP contribution >= 0.6 is 0 Å². The Kier molecular flexibility index (Phi) is 2.94. The lowest BCUT2D eigenvalue weighted by Gasteiger charge is -2.22. The van der Waals surface area contributed by atoms with Gasteiger partial charge in [-0.3, -0.25) is 9.47 Å².